The van der Waals surface area contributed by atoms with Crippen LogP contribution in [0.2, 0.25) is 45.8 Å². The standard InChI is InChI=1S/C15H30O4Si4/c1-9-20(2,3)17-22(6,7)19-23(8,18-21(4,5)16)15-13-11-10-12-14-15/h9-14,16H,1H2,2-8H3. The summed E-state index contributed by atoms with van der Waals surface area (Å²) in [5, 5.41) is 1.01. The van der Waals surface area contributed by atoms with Crippen LogP contribution in [0.5, 0.6) is 0 Å². The Morgan fingerprint density at radius 3 is 1.83 bits per heavy atom. The molecule has 0 aliphatic rings. The Morgan fingerprint density at radius 1 is 0.870 bits per heavy atom. The first-order chi connectivity index (χ1) is 10.3. The lowest BCUT2D eigenvalue weighted by molar-refractivity contribution is 0.303. The minimum absolute atomic E-state index is 1.01. The van der Waals surface area contributed by atoms with E-state index in [9.17, 15) is 4.80 Å². The smallest absolute Gasteiger partial charge is 0.351 e. The van der Waals surface area contributed by atoms with Gasteiger partial charge in [0.1, 0.15) is 0 Å². The molecule has 23 heavy (non-hydrogen) atoms. The summed E-state index contributed by atoms with van der Waals surface area (Å²) in [6.07, 6.45) is 0. The maximum Gasteiger partial charge on any atom is 0.351 e. The largest absolute Gasteiger partial charge is 0.433 e. The van der Waals surface area contributed by atoms with Crippen molar-refractivity contribution in [2.45, 2.75) is 45.8 Å². The highest BCUT2D eigenvalue weighted by Gasteiger charge is 2.47. The van der Waals surface area contributed by atoms with Crippen LogP contribution in [-0.4, -0.2) is 38.8 Å². The predicted octanol–water partition coefficient (Wildman–Crippen LogP) is 3.34. The first-order valence-electron chi connectivity index (χ1n) is 7.81. The molecule has 1 aromatic rings. The van der Waals surface area contributed by atoms with Gasteiger partial charge in [-0.2, -0.15) is 0 Å². The van der Waals surface area contributed by atoms with Crippen molar-refractivity contribution in [2.24, 2.45) is 0 Å². The molecule has 0 aliphatic carbocycles. The Hall–Kier alpha value is -0.332. The van der Waals surface area contributed by atoms with Crippen molar-refractivity contribution in [3.05, 3.63) is 42.6 Å². The molecule has 1 atom stereocenters. The third-order valence-corrected chi connectivity index (χ3v) is 16.7. The maximum atomic E-state index is 10.3. The molecule has 1 aromatic carbocycles. The van der Waals surface area contributed by atoms with Crippen LogP contribution in [-0.2, 0) is 12.3 Å². The summed E-state index contributed by atoms with van der Waals surface area (Å²) in [6.45, 7) is 17.7. The molecule has 0 heterocycles. The van der Waals surface area contributed by atoms with E-state index in [1.165, 1.54) is 0 Å². The van der Waals surface area contributed by atoms with E-state index >= 15 is 0 Å². The molecule has 0 bridgehead atoms. The third-order valence-electron chi connectivity index (χ3n) is 3.18. The fourth-order valence-corrected chi connectivity index (χ4v) is 18.3. The van der Waals surface area contributed by atoms with E-state index in [0.717, 1.165) is 5.19 Å². The zero-order valence-corrected chi connectivity index (χ0v) is 19.3. The number of hydrogen-bond acceptors (Lipinski definition) is 4. The molecule has 0 aliphatic heterocycles. The van der Waals surface area contributed by atoms with Gasteiger partial charge in [0.25, 0.3) is 0 Å². The van der Waals surface area contributed by atoms with E-state index in [1.54, 1.807) is 13.1 Å². The van der Waals surface area contributed by atoms with Gasteiger partial charge in [-0.1, -0.05) is 36.0 Å². The molecule has 0 spiro atoms. The van der Waals surface area contributed by atoms with E-state index < -0.39 is 34.0 Å². The van der Waals surface area contributed by atoms with Crippen LogP contribution in [0.15, 0.2) is 42.6 Å². The van der Waals surface area contributed by atoms with E-state index in [-0.39, 0.29) is 0 Å². The van der Waals surface area contributed by atoms with Crippen LogP contribution in [0, 0.1) is 0 Å². The van der Waals surface area contributed by atoms with Gasteiger partial charge < -0.3 is 17.1 Å². The van der Waals surface area contributed by atoms with Gasteiger partial charge >= 0.3 is 25.7 Å². The van der Waals surface area contributed by atoms with Crippen molar-refractivity contribution in [3.8, 4) is 0 Å². The third kappa shape index (κ3) is 6.97. The van der Waals surface area contributed by atoms with Crippen molar-refractivity contribution < 1.29 is 17.1 Å². The van der Waals surface area contributed by atoms with E-state index in [4.69, 9.17) is 12.3 Å². The second-order valence-corrected chi connectivity index (χ2v) is 21.5. The quantitative estimate of drug-likeness (QED) is 0.696. The minimum atomic E-state index is -2.77. The predicted molar refractivity (Wildman–Crippen MR) is 106 cm³/mol. The number of hydrogen-bond donors (Lipinski definition) is 1. The summed E-state index contributed by atoms with van der Waals surface area (Å²) in [5.74, 6) is 0. The van der Waals surface area contributed by atoms with Gasteiger partial charge in [-0.25, -0.2) is 0 Å². The van der Waals surface area contributed by atoms with Crippen LogP contribution in [0.4, 0.5) is 0 Å². The first kappa shape index (κ1) is 20.7. The number of rotatable bonds is 8. The van der Waals surface area contributed by atoms with Crippen molar-refractivity contribution in [1.29, 1.82) is 0 Å². The highest BCUT2D eigenvalue weighted by atomic mass is 28.5. The molecule has 1 rings (SSSR count). The Labute approximate surface area is 145 Å². The van der Waals surface area contributed by atoms with E-state index in [2.05, 4.69) is 19.7 Å². The van der Waals surface area contributed by atoms with E-state index in [1.807, 2.05) is 55.7 Å². The van der Waals surface area contributed by atoms with Crippen LogP contribution in [0.3, 0.4) is 0 Å². The van der Waals surface area contributed by atoms with E-state index in [0.29, 0.717) is 0 Å². The molecule has 0 radical (unpaired) electrons. The van der Waals surface area contributed by atoms with Crippen molar-refractivity contribution in [3.63, 3.8) is 0 Å². The maximum absolute atomic E-state index is 10.3. The van der Waals surface area contributed by atoms with Gasteiger partial charge in [0.2, 0.25) is 0 Å². The number of benzene rings is 1. The molecule has 1 unspecified atom stereocenters. The second kappa shape index (κ2) is 7.28. The molecule has 0 saturated carbocycles. The summed E-state index contributed by atoms with van der Waals surface area (Å²) >= 11 is 0. The zero-order chi connectivity index (χ0) is 17.9. The minimum Gasteiger partial charge on any atom is -0.433 e. The van der Waals surface area contributed by atoms with Gasteiger partial charge in [-0.3, -0.25) is 0 Å². The average molecular weight is 387 g/mol. The zero-order valence-electron chi connectivity index (χ0n) is 15.3. The van der Waals surface area contributed by atoms with Gasteiger partial charge in [-0.05, 0) is 51.0 Å². The molecule has 0 amide bonds. The molecule has 0 saturated heterocycles. The molecular weight excluding hydrogens is 357 g/mol. The fraction of sp³-hybridized carbons (Fsp3) is 0.467. The summed E-state index contributed by atoms with van der Waals surface area (Å²) in [4.78, 5) is 10.3. The molecule has 0 aromatic heterocycles. The highest BCUT2D eigenvalue weighted by molar-refractivity contribution is 6.94. The van der Waals surface area contributed by atoms with Gasteiger partial charge in [0.15, 0.2) is 8.32 Å². The average Bonchev–Trinajstić information content (AvgIpc) is 2.35. The Morgan fingerprint density at radius 2 is 1.39 bits per heavy atom. The van der Waals surface area contributed by atoms with Crippen molar-refractivity contribution in [2.75, 3.05) is 0 Å². The van der Waals surface area contributed by atoms with Crippen LogP contribution in [0.25, 0.3) is 0 Å². The molecule has 0 fully saturated rings. The Kier molecular flexibility index (Phi) is 6.55. The summed E-state index contributed by atoms with van der Waals surface area (Å²) < 4.78 is 19.0. The van der Waals surface area contributed by atoms with Gasteiger partial charge in [-0.15, -0.1) is 6.58 Å². The molecular formula is C15H30O4Si4. The van der Waals surface area contributed by atoms with Crippen molar-refractivity contribution in [1.82, 2.24) is 0 Å². The lowest BCUT2D eigenvalue weighted by Crippen LogP contribution is -2.63. The van der Waals surface area contributed by atoms with Crippen LogP contribution < -0.4 is 5.19 Å². The summed E-state index contributed by atoms with van der Waals surface area (Å²) in [7, 11) is -9.92. The topological polar surface area (TPSA) is 47.9 Å². The Balaban J connectivity index is 3.14. The lowest BCUT2D eigenvalue weighted by atomic mass is 10.4. The van der Waals surface area contributed by atoms with Crippen molar-refractivity contribution >= 4 is 39.2 Å². The lowest BCUT2D eigenvalue weighted by Gasteiger charge is -2.40. The summed E-state index contributed by atoms with van der Waals surface area (Å²) in [6, 6.07) is 9.92. The molecule has 4 nitrogen and oxygen atoms in total. The normalized spacial score (nSPS) is 16.0. The molecule has 8 heteroatoms. The van der Waals surface area contributed by atoms with Crippen LogP contribution >= 0.6 is 0 Å². The summed E-state index contributed by atoms with van der Waals surface area (Å²) in [5.41, 5.74) is 1.91. The molecule has 130 valence electrons. The first-order valence-corrected chi connectivity index (χ1v) is 18.8. The fourth-order valence-electron chi connectivity index (χ4n) is 2.52. The molecule has 1 N–H and O–H groups in total. The van der Waals surface area contributed by atoms with Gasteiger partial charge in [0.05, 0.1) is 0 Å². The second-order valence-electron chi connectivity index (χ2n) is 7.27. The van der Waals surface area contributed by atoms with Gasteiger partial charge in [0, 0.05) is 0 Å². The highest BCUT2D eigenvalue weighted by Crippen LogP contribution is 2.23. The monoisotopic (exact) mass is 386 g/mol. The SMILES string of the molecule is C=C[Si](C)(C)O[Si](C)(C)O[Si](C)(O[Si](C)(C)O)c1ccccc1. The van der Waals surface area contributed by atoms with Crippen LogP contribution in [0.1, 0.15) is 0 Å². The Bertz CT molecular complexity index is 528.